The molecule has 0 amide bonds. The van der Waals surface area contributed by atoms with Crippen LogP contribution in [0.4, 0.5) is 5.69 Å². The summed E-state index contributed by atoms with van der Waals surface area (Å²) in [6.45, 7) is 7.55. The van der Waals surface area contributed by atoms with Crippen LogP contribution in [-0.2, 0) is 9.31 Å². The van der Waals surface area contributed by atoms with Crippen LogP contribution in [0.2, 0.25) is 0 Å². The van der Waals surface area contributed by atoms with Gasteiger partial charge in [0.15, 0.2) is 5.75 Å². The van der Waals surface area contributed by atoms with Gasteiger partial charge in [0.25, 0.3) is 0 Å². The Hall–Kier alpha value is -1.84. The predicted octanol–water partition coefficient (Wildman–Crippen LogP) is 1.94. The van der Waals surface area contributed by atoms with Gasteiger partial charge in [0.2, 0.25) is 5.75 Å². The first kappa shape index (κ1) is 17.5. The Morgan fingerprint density at radius 2 is 1.83 bits per heavy atom. The number of methoxy groups -OCH3 is 1. The third-order valence-electron chi connectivity index (χ3n) is 4.44. The number of nitrogens with zero attached hydrogens (tertiary/aromatic N) is 1. The second-order valence-electron chi connectivity index (χ2n) is 6.50. The molecule has 9 heteroatoms. The Kier molecular flexibility index (Phi) is 4.31. The van der Waals surface area contributed by atoms with E-state index in [0.717, 1.165) is 0 Å². The Balaban J connectivity index is 2.39. The minimum absolute atomic E-state index is 0.0267. The summed E-state index contributed by atoms with van der Waals surface area (Å²) in [7, 11) is 0.539. The van der Waals surface area contributed by atoms with E-state index in [4.69, 9.17) is 19.8 Å². The summed E-state index contributed by atoms with van der Waals surface area (Å²) in [6, 6.07) is 2.64. The van der Waals surface area contributed by atoms with Crippen molar-refractivity contribution >= 4 is 12.8 Å². The van der Waals surface area contributed by atoms with E-state index in [1.165, 1.54) is 19.2 Å². The summed E-state index contributed by atoms with van der Waals surface area (Å²) in [5.41, 5.74) is 4.94. The maximum absolute atomic E-state index is 11.1. The molecule has 126 valence electrons. The highest BCUT2D eigenvalue weighted by Crippen LogP contribution is 2.42. The van der Waals surface area contributed by atoms with E-state index in [1.807, 2.05) is 27.7 Å². The van der Waals surface area contributed by atoms with Gasteiger partial charge in [-0.2, -0.15) is 0 Å². The van der Waals surface area contributed by atoms with Crippen LogP contribution in [0.3, 0.4) is 0 Å². The number of ether oxygens (including phenoxy) is 1. The van der Waals surface area contributed by atoms with Crippen LogP contribution in [0, 0.1) is 10.1 Å². The number of nitro benzene ring substituents is 1. The lowest BCUT2D eigenvalue weighted by Gasteiger charge is -2.32. The van der Waals surface area contributed by atoms with E-state index in [1.54, 1.807) is 0 Å². The summed E-state index contributed by atoms with van der Waals surface area (Å²) in [6.07, 6.45) is 0. The van der Waals surface area contributed by atoms with E-state index in [0.29, 0.717) is 5.56 Å². The van der Waals surface area contributed by atoms with Crippen molar-refractivity contribution < 1.29 is 24.1 Å². The van der Waals surface area contributed by atoms with Gasteiger partial charge in [-0.05, 0) is 39.3 Å². The second-order valence-corrected chi connectivity index (χ2v) is 6.50. The number of hydrogen-bond donors (Lipinski definition) is 2. The zero-order chi connectivity index (χ0) is 17.6. The number of nitrogens with two attached hydrogens (primary N) is 1. The van der Waals surface area contributed by atoms with Crippen molar-refractivity contribution in [2.75, 3.05) is 7.11 Å². The molecular formula is C14H21BN2O6. The molecule has 0 saturated carbocycles. The van der Waals surface area contributed by atoms with E-state index < -0.39 is 40.6 Å². The molecule has 1 heterocycles. The highest BCUT2D eigenvalue weighted by atomic mass is 16.7. The first-order chi connectivity index (χ1) is 10.5. The number of benzene rings is 1. The molecule has 0 unspecified atom stereocenters. The van der Waals surface area contributed by atoms with Gasteiger partial charge in [-0.1, -0.05) is 0 Å². The molecule has 1 atom stereocenters. The SMILES string of the molecule is COc1cc([C@@H](N)B2OC(C)(C)C(C)(C)O2)cc([N+](=O)[O-])c1O. The molecule has 2 rings (SSSR count). The Bertz CT molecular complexity index is 618. The van der Waals surface area contributed by atoms with Crippen LogP contribution >= 0.6 is 0 Å². The number of phenolic OH excluding ortho intramolecular Hbond substituents is 1. The Labute approximate surface area is 134 Å². The summed E-state index contributed by atoms with van der Waals surface area (Å²) < 4.78 is 16.7. The summed E-state index contributed by atoms with van der Waals surface area (Å²) >= 11 is 0. The smallest absolute Gasteiger partial charge is 0.480 e. The van der Waals surface area contributed by atoms with Crippen molar-refractivity contribution in [3.63, 3.8) is 0 Å². The number of nitro groups is 1. The minimum Gasteiger partial charge on any atom is -0.500 e. The molecular weight excluding hydrogens is 303 g/mol. The van der Waals surface area contributed by atoms with Crippen LogP contribution in [0.15, 0.2) is 12.1 Å². The molecule has 1 fully saturated rings. The molecule has 1 aromatic rings. The van der Waals surface area contributed by atoms with E-state index in [-0.39, 0.29) is 5.75 Å². The third kappa shape index (κ3) is 2.99. The molecule has 8 nitrogen and oxygen atoms in total. The Morgan fingerprint density at radius 1 is 1.30 bits per heavy atom. The molecule has 1 aromatic carbocycles. The third-order valence-corrected chi connectivity index (χ3v) is 4.44. The maximum atomic E-state index is 11.1. The fourth-order valence-electron chi connectivity index (χ4n) is 2.29. The molecule has 0 aromatic heterocycles. The van der Waals surface area contributed by atoms with E-state index >= 15 is 0 Å². The van der Waals surface area contributed by atoms with Gasteiger partial charge < -0.3 is 24.9 Å². The van der Waals surface area contributed by atoms with Gasteiger partial charge in [-0.3, -0.25) is 10.1 Å². The summed E-state index contributed by atoms with van der Waals surface area (Å²) in [4.78, 5) is 10.4. The minimum atomic E-state index is -0.774. The van der Waals surface area contributed by atoms with Crippen LogP contribution in [-0.4, -0.2) is 35.5 Å². The molecule has 0 aliphatic carbocycles. The molecule has 3 N–H and O–H groups in total. The average molecular weight is 324 g/mol. The first-order valence-electron chi connectivity index (χ1n) is 7.16. The van der Waals surface area contributed by atoms with Crippen molar-refractivity contribution in [1.82, 2.24) is 0 Å². The van der Waals surface area contributed by atoms with Crippen LogP contribution in [0.5, 0.6) is 11.5 Å². The molecule has 1 saturated heterocycles. The lowest BCUT2D eigenvalue weighted by atomic mass is 9.74. The van der Waals surface area contributed by atoms with Gasteiger partial charge in [0.1, 0.15) is 0 Å². The molecule has 1 aliphatic heterocycles. The monoisotopic (exact) mass is 324 g/mol. The number of rotatable bonds is 4. The van der Waals surface area contributed by atoms with Gasteiger partial charge in [-0.15, -0.1) is 0 Å². The van der Waals surface area contributed by atoms with Crippen LogP contribution in [0.1, 0.15) is 39.2 Å². The molecule has 0 radical (unpaired) electrons. The maximum Gasteiger partial charge on any atom is 0.480 e. The van der Waals surface area contributed by atoms with E-state index in [9.17, 15) is 15.2 Å². The highest BCUT2D eigenvalue weighted by molar-refractivity contribution is 6.47. The topological polar surface area (TPSA) is 117 Å². The fraction of sp³-hybridized carbons (Fsp3) is 0.571. The van der Waals surface area contributed by atoms with Crippen molar-refractivity contribution in [3.05, 3.63) is 27.8 Å². The zero-order valence-electron chi connectivity index (χ0n) is 13.8. The summed E-state index contributed by atoms with van der Waals surface area (Å²) in [5, 5.41) is 20.9. The predicted molar refractivity (Wildman–Crippen MR) is 84.3 cm³/mol. The van der Waals surface area contributed by atoms with Gasteiger partial charge in [-0.25, -0.2) is 0 Å². The lowest BCUT2D eigenvalue weighted by molar-refractivity contribution is -0.386. The van der Waals surface area contributed by atoms with Crippen molar-refractivity contribution in [2.45, 2.75) is 44.8 Å². The molecule has 23 heavy (non-hydrogen) atoms. The number of aromatic hydroxyl groups is 1. The lowest BCUT2D eigenvalue weighted by Crippen LogP contribution is -2.41. The quantitative estimate of drug-likeness (QED) is 0.494. The molecule has 1 aliphatic rings. The Morgan fingerprint density at radius 3 is 2.26 bits per heavy atom. The number of hydrogen-bond acceptors (Lipinski definition) is 7. The van der Waals surface area contributed by atoms with Crippen molar-refractivity contribution in [1.29, 1.82) is 0 Å². The zero-order valence-corrected chi connectivity index (χ0v) is 13.8. The molecule has 0 bridgehead atoms. The fourth-order valence-corrected chi connectivity index (χ4v) is 2.29. The summed E-state index contributed by atoms with van der Waals surface area (Å²) in [5.74, 6) is -1.34. The number of phenols is 1. The van der Waals surface area contributed by atoms with E-state index in [2.05, 4.69) is 0 Å². The van der Waals surface area contributed by atoms with Crippen LogP contribution < -0.4 is 10.5 Å². The first-order valence-corrected chi connectivity index (χ1v) is 7.16. The normalized spacial score (nSPS) is 20.3. The largest absolute Gasteiger partial charge is 0.500 e. The second kappa shape index (κ2) is 5.66. The van der Waals surface area contributed by atoms with Crippen LogP contribution in [0.25, 0.3) is 0 Å². The standard InChI is InChI=1S/C14H21BN2O6/c1-13(2)14(3,4)23-15(22-13)12(16)8-6-9(17(19)20)11(18)10(7-8)21-5/h6-7,12,18H,16H2,1-5H3/t12-/m1/s1. The average Bonchev–Trinajstić information content (AvgIpc) is 2.66. The van der Waals surface area contributed by atoms with Gasteiger partial charge in [0.05, 0.1) is 29.2 Å². The molecule has 0 spiro atoms. The van der Waals surface area contributed by atoms with Crippen molar-refractivity contribution in [2.24, 2.45) is 5.73 Å². The highest BCUT2D eigenvalue weighted by Gasteiger charge is 2.53. The van der Waals surface area contributed by atoms with Gasteiger partial charge in [0, 0.05) is 6.07 Å². The van der Waals surface area contributed by atoms with Crippen molar-refractivity contribution in [3.8, 4) is 11.5 Å². The van der Waals surface area contributed by atoms with Gasteiger partial charge >= 0.3 is 12.8 Å².